The van der Waals surface area contributed by atoms with Crippen LogP contribution in [0.2, 0.25) is 0 Å². The molecule has 0 spiro atoms. The van der Waals surface area contributed by atoms with E-state index in [2.05, 4.69) is 6.92 Å². The quantitative estimate of drug-likeness (QED) is 0.318. The van der Waals surface area contributed by atoms with Crippen LogP contribution in [0.5, 0.6) is 5.75 Å². The molecule has 0 saturated heterocycles. The molecule has 28 heavy (non-hydrogen) atoms. The summed E-state index contributed by atoms with van der Waals surface area (Å²) >= 11 is 0. The van der Waals surface area contributed by atoms with E-state index < -0.39 is 17.7 Å². The van der Waals surface area contributed by atoms with Gasteiger partial charge >= 0.3 is 11.9 Å². The van der Waals surface area contributed by atoms with Gasteiger partial charge in [-0.15, -0.1) is 0 Å². The van der Waals surface area contributed by atoms with Crippen molar-refractivity contribution in [1.82, 2.24) is 0 Å². The number of benzene rings is 2. The van der Waals surface area contributed by atoms with Crippen molar-refractivity contribution in [3.8, 4) is 16.9 Å². The highest BCUT2D eigenvalue weighted by molar-refractivity contribution is 5.78. The van der Waals surface area contributed by atoms with E-state index in [4.69, 9.17) is 9.47 Å². The Morgan fingerprint density at radius 2 is 1.86 bits per heavy atom. The minimum atomic E-state index is -0.548. The molecule has 0 amide bonds. The predicted molar refractivity (Wildman–Crippen MR) is 107 cm³/mol. The molecule has 5 heteroatoms. The number of hydrogen-bond donors (Lipinski definition) is 0. The molecule has 0 radical (unpaired) electrons. The van der Waals surface area contributed by atoms with Crippen molar-refractivity contribution in [2.24, 2.45) is 0 Å². The molecule has 1 unspecified atom stereocenters. The van der Waals surface area contributed by atoms with Gasteiger partial charge in [-0.3, -0.25) is 9.59 Å². The van der Waals surface area contributed by atoms with Gasteiger partial charge < -0.3 is 9.47 Å². The first-order valence-electron chi connectivity index (χ1n) is 9.64. The van der Waals surface area contributed by atoms with Crippen LogP contribution >= 0.6 is 0 Å². The molecule has 0 N–H and O–H groups in total. The molecule has 0 aliphatic rings. The highest BCUT2D eigenvalue weighted by Crippen LogP contribution is 2.29. The van der Waals surface area contributed by atoms with Gasteiger partial charge in [0.25, 0.3) is 0 Å². The second-order valence-electron chi connectivity index (χ2n) is 6.80. The van der Waals surface area contributed by atoms with Crippen molar-refractivity contribution in [3.63, 3.8) is 0 Å². The van der Waals surface area contributed by atoms with Crippen LogP contribution in [-0.4, -0.2) is 19.0 Å². The van der Waals surface area contributed by atoms with Gasteiger partial charge in [0.15, 0.2) is 0 Å². The van der Waals surface area contributed by atoms with Crippen molar-refractivity contribution in [3.05, 3.63) is 53.8 Å². The highest BCUT2D eigenvalue weighted by atomic mass is 19.1. The zero-order chi connectivity index (χ0) is 20.5. The average Bonchev–Trinajstić information content (AvgIpc) is 2.70. The maximum absolute atomic E-state index is 14.6. The number of esters is 2. The molecule has 0 aliphatic heterocycles. The summed E-state index contributed by atoms with van der Waals surface area (Å²) in [5.74, 6) is -1.30. The van der Waals surface area contributed by atoms with Crippen LogP contribution in [0.15, 0.2) is 42.5 Å². The lowest BCUT2D eigenvalue weighted by molar-refractivity contribution is -0.142. The molecule has 0 heterocycles. The molecule has 0 bridgehead atoms. The Bertz CT molecular complexity index is 816. The van der Waals surface area contributed by atoms with Gasteiger partial charge in [0.2, 0.25) is 0 Å². The van der Waals surface area contributed by atoms with Crippen molar-refractivity contribution < 1.29 is 23.5 Å². The lowest BCUT2D eigenvalue weighted by Gasteiger charge is -2.12. The SMILES string of the molecule is CCCCCCC(=O)Oc1cccc(-c2ccc(C(C)C(=O)OC)cc2F)c1. The van der Waals surface area contributed by atoms with Gasteiger partial charge in [0, 0.05) is 12.0 Å². The van der Waals surface area contributed by atoms with Crippen LogP contribution in [0.25, 0.3) is 11.1 Å². The molecule has 2 aromatic carbocycles. The van der Waals surface area contributed by atoms with Gasteiger partial charge in [-0.25, -0.2) is 4.39 Å². The van der Waals surface area contributed by atoms with E-state index in [0.29, 0.717) is 28.9 Å². The predicted octanol–water partition coefficient (Wildman–Crippen LogP) is 5.65. The van der Waals surface area contributed by atoms with Crippen LogP contribution < -0.4 is 4.74 Å². The second kappa shape index (κ2) is 10.6. The zero-order valence-corrected chi connectivity index (χ0v) is 16.7. The molecule has 0 fully saturated rings. The van der Waals surface area contributed by atoms with Gasteiger partial charge in [-0.2, -0.15) is 0 Å². The first-order valence-corrected chi connectivity index (χ1v) is 9.64. The van der Waals surface area contributed by atoms with Gasteiger partial charge in [0.1, 0.15) is 11.6 Å². The summed E-state index contributed by atoms with van der Waals surface area (Å²) in [4.78, 5) is 23.6. The van der Waals surface area contributed by atoms with Crippen molar-refractivity contribution >= 4 is 11.9 Å². The zero-order valence-electron chi connectivity index (χ0n) is 16.7. The van der Waals surface area contributed by atoms with Gasteiger partial charge in [0.05, 0.1) is 13.0 Å². The lowest BCUT2D eigenvalue weighted by atomic mass is 9.97. The summed E-state index contributed by atoms with van der Waals surface area (Å²) < 4.78 is 24.7. The molecular weight excluding hydrogens is 359 g/mol. The highest BCUT2D eigenvalue weighted by Gasteiger charge is 2.18. The van der Waals surface area contributed by atoms with Crippen LogP contribution in [0.1, 0.15) is 57.4 Å². The first-order chi connectivity index (χ1) is 13.5. The van der Waals surface area contributed by atoms with E-state index in [0.717, 1.165) is 25.7 Å². The van der Waals surface area contributed by atoms with Crippen LogP contribution in [-0.2, 0) is 14.3 Å². The van der Waals surface area contributed by atoms with Crippen LogP contribution in [0.4, 0.5) is 4.39 Å². The molecule has 2 aromatic rings. The molecule has 4 nitrogen and oxygen atoms in total. The normalized spacial score (nSPS) is 11.7. The van der Waals surface area contributed by atoms with Crippen molar-refractivity contribution in [2.75, 3.05) is 7.11 Å². The Labute approximate surface area is 165 Å². The Hall–Kier alpha value is -2.69. The van der Waals surface area contributed by atoms with Crippen LogP contribution in [0, 0.1) is 5.82 Å². The third-order valence-electron chi connectivity index (χ3n) is 4.66. The number of hydrogen-bond acceptors (Lipinski definition) is 4. The minimum absolute atomic E-state index is 0.282. The summed E-state index contributed by atoms with van der Waals surface area (Å²) in [5, 5.41) is 0. The monoisotopic (exact) mass is 386 g/mol. The maximum Gasteiger partial charge on any atom is 0.312 e. The summed E-state index contributed by atoms with van der Waals surface area (Å²) in [6.07, 6.45) is 4.40. The van der Waals surface area contributed by atoms with E-state index >= 15 is 0 Å². The van der Waals surface area contributed by atoms with Crippen LogP contribution in [0.3, 0.4) is 0 Å². The minimum Gasteiger partial charge on any atom is -0.469 e. The molecule has 1 atom stereocenters. The van der Waals surface area contributed by atoms with Gasteiger partial charge in [-0.1, -0.05) is 50.5 Å². The number of carbonyl (C=O) groups is 2. The van der Waals surface area contributed by atoms with Crippen molar-refractivity contribution in [1.29, 1.82) is 0 Å². The number of methoxy groups -OCH3 is 1. The fourth-order valence-electron chi connectivity index (χ4n) is 2.95. The Kier molecular flexibility index (Phi) is 8.18. The Morgan fingerprint density at radius 3 is 2.54 bits per heavy atom. The fraction of sp³-hybridized carbons (Fsp3) is 0.391. The Morgan fingerprint density at radius 1 is 1.07 bits per heavy atom. The number of unbranched alkanes of at least 4 members (excludes halogenated alkanes) is 3. The van der Waals surface area contributed by atoms with E-state index in [1.165, 1.54) is 13.2 Å². The molecular formula is C23H27FO4. The largest absolute Gasteiger partial charge is 0.469 e. The molecule has 0 aromatic heterocycles. The third-order valence-corrected chi connectivity index (χ3v) is 4.66. The summed E-state index contributed by atoms with van der Waals surface area (Å²) in [7, 11) is 1.31. The summed E-state index contributed by atoms with van der Waals surface area (Å²) in [6, 6.07) is 11.5. The fourth-order valence-corrected chi connectivity index (χ4v) is 2.95. The smallest absolute Gasteiger partial charge is 0.312 e. The number of carbonyl (C=O) groups excluding carboxylic acids is 2. The van der Waals surface area contributed by atoms with E-state index in [9.17, 15) is 14.0 Å². The number of rotatable bonds is 9. The average molecular weight is 386 g/mol. The maximum atomic E-state index is 14.6. The third kappa shape index (κ3) is 5.91. The summed E-state index contributed by atoms with van der Waals surface area (Å²) in [6.45, 7) is 3.78. The van der Waals surface area contributed by atoms with E-state index in [1.54, 1.807) is 43.3 Å². The molecule has 0 aliphatic carbocycles. The first kappa shape index (κ1) is 21.6. The standard InChI is InChI=1S/C23H27FO4/c1-4-5-6-7-11-22(25)28-19-10-8-9-18(14-19)20-13-12-17(15-21(20)24)16(2)23(26)27-3/h8-10,12-16H,4-7,11H2,1-3H3. The number of halogens is 1. The van der Waals surface area contributed by atoms with Gasteiger partial charge in [-0.05, 0) is 42.7 Å². The van der Waals surface area contributed by atoms with E-state index in [1.807, 2.05) is 0 Å². The number of ether oxygens (including phenoxy) is 2. The Balaban J connectivity index is 2.11. The second-order valence-corrected chi connectivity index (χ2v) is 6.80. The molecule has 0 saturated carbocycles. The van der Waals surface area contributed by atoms with Crippen molar-refractivity contribution in [2.45, 2.75) is 51.9 Å². The molecule has 2 rings (SSSR count). The van der Waals surface area contributed by atoms with E-state index in [-0.39, 0.29) is 5.97 Å². The summed E-state index contributed by atoms with van der Waals surface area (Å²) in [5.41, 5.74) is 1.52. The topological polar surface area (TPSA) is 52.6 Å². The molecule has 150 valence electrons. The lowest BCUT2D eigenvalue weighted by Crippen LogP contribution is -2.11.